The quantitative estimate of drug-likeness (QED) is 0.430. The van der Waals surface area contributed by atoms with E-state index in [-0.39, 0.29) is 0 Å². The van der Waals surface area contributed by atoms with E-state index in [1.54, 1.807) is 27.6 Å². The van der Waals surface area contributed by atoms with Gasteiger partial charge in [-0.3, -0.25) is 0 Å². The minimum absolute atomic E-state index is 0.544. The Morgan fingerprint density at radius 1 is 1.07 bits per heavy atom. The molecule has 0 atom stereocenters. The van der Waals surface area contributed by atoms with Crippen LogP contribution in [0.3, 0.4) is 0 Å². The first-order valence-corrected chi connectivity index (χ1v) is 10.7. The lowest BCUT2D eigenvalue weighted by Gasteiger charge is -2.05. The predicted octanol–water partition coefficient (Wildman–Crippen LogP) is 5.28. The van der Waals surface area contributed by atoms with Crippen molar-refractivity contribution in [3.05, 3.63) is 58.4 Å². The highest BCUT2D eigenvalue weighted by Gasteiger charge is 2.11. The Morgan fingerprint density at radius 2 is 1.85 bits per heavy atom. The third-order valence-corrected chi connectivity index (χ3v) is 6.14. The number of aryl methyl sites for hydroxylation is 2. The van der Waals surface area contributed by atoms with E-state index in [1.807, 2.05) is 19.9 Å². The van der Waals surface area contributed by atoms with Crippen LogP contribution >= 0.6 is 23.1 Å². The average molecular weight is 396 g/mol. The molecule has 138 valence electrons. The van der Waals surface area contributed by atoms with Crippen LogP contribution in [0.5, 0.6) is 0 Å². The summed E-state index contributed by atoms with van der Waals surface area (Å²) >= 11 is 3.27. The van der Waals surface area contributed by atoms with E-state index >= 15 is 0 Å². The van der Waals surface area contributed by atoms with Gasteiger partial charge in [-0.1, -0.05) is 49.9 Å². The first-order valence-electron chi connectivity index (χ1n) is 8.88. The molecule has 0 aliphatic carbocycles. The number of nitrogens with zero attached hydrogens (tertiary/aromatic N) is 5. The summed E-state index contributed by atoms with van der Waals surface area (Å²) in [6, 6.07) is 10.7. The zero-order chi connectivity index (χ0) is 19.0. The number of hydrogen-bond acceptors (Lipinski definition) is 6. The van der Waals surface area contributed by atoms with Crippen molar-refractivity contribution >= 4 is 28.9 Å². The van der Waals surface area contributed by atoms with Gasteiger partial charge in [-0.15, -0.1) is 16.4 Å². The fourth-order valence-corrected chi connectivity index (χ4v) is 4.51. The van der Waals surface area contributed by atoms with Gasteiger partial charge in [0.15, 0.2) is 0 Å². The maximum atomic E-state index is 4.78. The number of hydrogen-bond donors (Lipinski definition) is 0. The Bertz CT molecular complexity index is 1080. The molecular weight excluding hydrogens is 374 g/mol. The van der Waals surface area contributed by atoms with Gasteiger partial charge in [0.05, 0.1) is 5.69 Å². The molecule has 1 aromatic carbocycles. The van der Waals surface area contributed by atoms with Crippen LogP contribution in [0.25, 0.3) is 16.3 Å². The Balaban J connectivity index is 1.47. The molecule has 0 bridgehead atoms. The number of rotatable bonds is 5. The Kier molecular flexibility index (Phi) is 4.97. The SMILES string of the molecule is Cc1cc(C)n2nc(SCc3csc(-c4ccc(C(C)C)cc4)n3)nc2n1. The van der Waals surface area contributed by atoms with Gasteiger partial charge in [-0.25, -0.2) is 14.5 Å². The first-order chi connectivity index (χ1) is 13.0. The molecule has 0 unspecified atom stereocenters. The maximum absolute atomic E-state index is 4.78. The van der Waals surface area contributed by atoms with Crippen molar-refractivity contribution in [2.45, 2.75) is 44.5 Å². The van der Waals surface area contributed by atoms with E-state index in [0.29, 0.717) is 11.7 Å². The van der Waals surface area contributed by atoms with Crippen molar-refractivity contribution in [1.29, 1.82) is 0 Å². The molecule has 0 amide bonds. The number of benzene rings is 1. The van der Waals surface area contributed by atoms with Crippen LogP contribution in [0, 0.1) is 13.8 Å². The highest BCUT2D eigenvalue weighted by molar-refractivity contribution is 7.98. The third-order valence-electron chi connectivity index (χ3n) is 4.32. The molecule has 0 saturated heterocycles. The molecule has 0 spiro atoms. The minimum atomic E-state index is 0.544. The standard InChI is InChI=1S/C20H21N5S2/c1-12(2)15-5-7-16(8-6-15)18-22-17(10-26-18)11-27-20-23-19-21-13(3)9-14(4)25(19)24-20/h5-10,12H,11H2,1-4H3. The van der Waals surface area contributed by atoms with E-state index in [1.165, 1.54) is 11.1 Å². The highest BCUT2D eigenvalue weighted by atomic mass is 32.2. The van der Waals surface area contributed by atoms with Crippen molar-refractivity contribution in [1.82, 2.24) is 24.6 Å². The number of fused-ring (bicyclic) bond motifs is 1. The van der Waals surface area contributed by atoms with Crippen molar-refractivity contribution in [2.24, 2.45) is 0 Å². The molecular formula is C20H21N5S2. The van der Waals surface area contributed by atoms with Gasteiger partial charge in [0.1, 0.15) is 5.01 Å². The zero-order valence-electron chi connectivity index (χ0n) is 15.8. The van der Waals surface area contributed by atoms with Crippen molar-refractivity contribution < 1.29 is 0 Å². The van der Waals surface area contributed by atoms with E-state index < -0.39 is 0 Å². The molecule has 3 heterocycles. The lowest BCUT2D eigenvalue weighted by molar-refractivity contribution is 0.843. The lowest BCUT2D eigenvalue weighted by atomic mass is 10.0. The Morgan fingerprint density at radius 3 is 2.59 bits per heavy atom. The van der Waals surface area contributed by atoms with Crippen molar-refractivity contribution in [2.75, 3.05) is 0 Å². The maximum Gasteiger partial charge on any atom is 0.253 e. The smallest absolute Gasteiger partial charge is 0.240 e. The summed E-state index contributed by atoms with van der Waals surface area (Å²) in [4.78, 5) is 13.7. The summed E-state index contributed by atoms with van der Waals surface area (Å²) in [6.45, 7) is 8.40. The van der Waals surface area contributed by atoms with Gasteiger partial charge < -0.3 is 0 Å². The second-order valence-corrected chi connectivity index (χ2v) is 8.66. The zero-order valence-corrected chi connectivity index (χ0v) is 17.4. The average Bonchev–Trinajstić information content (AvgIpc) is 3.27. The van der Waals surface area contributed by atoms with Crippen molar-refractivity contribution in [3.63, 3.8) is 0 Å². The summed E-state index contributed by atoms with van der Waals surface area (Å²) in [5.41, 5.74) is 5.56. The Hall–Kier alpha value is -2.25. The molecule has 0 fully saturated rings. The van der Waals surface area contributed by atoms with Gasteiger partial charge in [0.2, 0.25) is 5.16 Å². The van der Waals surface area contributed by atoms with Crippen molar-refractivity contribution in [3.8, 4) is 10.6 Å². The molecule has 0 saturated carbocycles. The molecule has 0 N–H and O–H groups in total. The fraction of sp³-hybridized carbons (Fsp3) is 0.300. The third kappa shape index (κ3) is 3.89. The number of thioether (sulfide) groups is 1. The summed E-state index contributed by atoms with van der Waals surface area (Å²) in [7, 11) is 0. The molecule has 0 aliphatic rings. The molecule has 5 nitrogen and oxygen atoms in total. The summed E-state index contributed by atoms with van der Waals surface area (Å²) in [5.74, 6) is 1.94. The van der Waals surface area contributed by atoms with Gasteiger partial charge in [-0.05, 0) is 31.4 Å². The van der Waals surface area contributed by atoms with Crippen LogP contribution in [-0.2, 0) is 5.75 Å². The van der Waals surface area contributed by atoms with Crippen LogP contribution in [-0.4, -0.2) is 24.6 Å². The topological polar surface area (TPSA) is 56.0 Å². The van der Waals surface area contributed by atoms with Gasteiger partial charge in [0, 0.05) is 28.1 Å². The number of thiazole rings is 1. The van der Waals surface area contributed by atoms with Crippen LogP contribution in [0.2, 0.25) is 0 Å². The van der Waals surface area contributed by atoms with Crippen LogP contribution in [0.4, 0.5) is 0 Å². The van der Waals surface area contributed by atoms with Gasteiger partial charge in [-0.2, -0.15) is 4.98 Å². The van der Waals surface area contributed by atoms with Gasteiger partial charge >= 0.3 is 0 Å². The normalized spacial score (nSPS) is 11.6. The molecule has 4 aromatic rings. The van der Waals surface area contributed by atoms with E-state index in [9.17, 15) is 0 Å². The van der Waals surface area contributed by atoms with Crippen LogP contribution in [0.15, 0.2) is 40.9 Å². The molecule has 7 heteroatoms. The summed E-state index contributed by atoms with van der Waals surface area (Å²) in [6.07, 6.45) is 0. The first kappa shape index (κ1) is 18.1. The second-order valence-electron chi connectivity index (χ2n) is 6.85. The van der Waals surface area contributed by atoms with E-state index in [2.05, 4.69) is 58.6 Å². The summed E-state index contributed by atoms with van der Waals surface area (Å²) in [5, 5.41) is 8.44. The van der Waals surface area contributed by atoms with E-state index in [0.717, 1.165) is 33.0 Å². The minimum Gasteiger partial charge on any atom is -0.240 e. The van der Waals surface area contributed by atoms with Crippen LogP contribution in [0.1, 0.15) is 42.4 Å². The summed E-state index contributed by atoms with van der Waals surface area (Å²) < 4.78 is 1.79. The van der Waals surface area contributed by atoms with Crippen LogP contribution < -0.4 is 0 Å². The largest absolute Gasteiger partial charge is 0.253 e. The number of aromatic nitrogens is 5. The fourth-order valence-electron chi connectivity index (χ4n) is 2.86. The van der Waals surface area contributed by atoms with E-state index in [4.69, 9.17) is 4.98 Å². The second kappa shape index (κ2) is 7.40. The lowest BCUT2D eigenvalue weighted by Crippen LogP contribution is -1.97. The van der Waals surface area contributed by atoms with Gasteiger partial charge in [0.25, 0.3) is 5.78 Å². The molecule has 0 radical (unpaired) electrons. The molecule has 0 aliphatic heterocycles. The monoisotopic (exact) mass is 395 g/mol. The highest BCUT2D eigenvalue weighted by Crippen LogP contribution is 2.28. The Labute approximate surface area is 166 Å². The predicted molar refractivity (Wildman–Crippen MR) is 111 cm³/mol. The molecule has 3 aromatic heterocycles. The molecule has 27 heavy (non-hydrogen) atoms. The molecule has 4 rings (SSSR count).